The van der Waals surface area contributed by atoms with Gasteiger partial charge in [0.2, 0.25) is 0 Å². The van der Waals surface area contributed by atoms with Crippen molar-refractivity contribution in [2.24, 2.45) is 0 Å². The quantitative estimate of drug-likeness (QED) is 0.708. The van der Waals surface area contributed by atoms with E-state index in [4.69, 9.17) is 0 Å². The molecule has 0 radical (unpaired) electrons. The van der Waals surface area contributed by atoms with E-state index in [0.717, 1.165) is 41.1 Å². The number of rotatable bonds is 2. The molecule has 100 valence electrons. The fraction of sp³-hybridized carbons (Fsp3) is 0.250. The van der Waals surface area contributed by atoms with Crippen LogP contribution in [0.25, 0.3) is 16.9 Å². The van der Waals surface area contributed by atoms with E-state index in [2.05, 4.69) is 9.97 Å². The number of halogens is 1. The minimum Gasteiger partial charge on any atom is -0.300 e. The summed E-state index contributed by atoms with van der Waals surface area (Å²) in [6.45, 7) is 1.96. The molecule has 1 aliphatic rings. The molecule has 0 aromatic carbocycles. The molecule has 3 heterocycles. The van der Waals surface area contributed by atoms with Crippen LogP contribution < -0.4 is 0 Å². The van der Waals surface area contributed by atoms with Gasteiger partial charge in [0.1, 0.15) is 11.5 Å². The molecule has 1 fully saturated rings. The van der Waals surface area contributed by atoms with E-state index in [1.165, 1.54) is 12.3 Å². The van der Waals surface area contributed by atoms with Gasteiger partial charge in [-0.3, -0.25) is 4.98 Å². The monoisotopic (exact) mass is 267 g/mol. The van der Waals surface area contributed by atoms with Crippen molar-refractivity contribution in [3.63, 3.8) is 0 Å². The average Bonchev–Trinajstić information content (AvgIpc) is 3.21. The zero-order valence-corrected chi connectivity index (χ0v) is 11.2. The van der Waals surface area contributed by atoms with Gasteiger partial charge < -0.3 is 4.40 Å². The summed E-state index contributed by atoms with van der Waals surface area (Å²) in [5.74, 6) is 0.258. The highest BCUT2D eigenvalue weighted by atomic mass is 19.1. The summed E-state index contributed by atoms with van der Waals surface area (Å²) in [6, 6.07) is 7.20. The number of aromatic nitrogens is 3. The number of imidazole rings is 1. The standard InChI is InChI=1S/C16H14FN3/c1-10-2-3-12(8-18-10)15-16(11-4-5-11)20-9-13(17)6-7-14(20)19-15/h2-3,6-9,11H,4-5H2,1H3. The van der Waals surface area contributed by atoms with Gasteiger partial charge in [-0.05, 0) is 44.0 Å². The lowest BCUT2D eigenvalue weighted by Gasteiger charge is -2.03. The van der Waals surface area contributed by atoms with E-state index in [-0.39, 0.29) is 5.82 Å². The largest absolute Gasteiger partial charge is 0.300 e. The van der Waals surface area contributed by atoms with Gasteiger partial charge in [-0.15, -0.1) is 0 Å². The highest BCUT2D eigenvalue weighted by Crippen LogP contribution is 2.44. The number of hydrogen-bond donors (Lipinski definition) is 0. The number of nitrogens with zero attached hydrogens (tertiary/aromatic N) is 3. The van der Waals surface area contributed by atoms with Gasteiger partial charge in [0.05, 0.1) is 11.4 Å². The van der Waals surface area contributed by atoms with Gasteiger partial charge in [-0.2, -0.15) is 0 Å². The molecule has 3 nitrogen and oxygen atoms in total. The van der Waals surface area contributed by atoms with Crippen LogP contribution in [0.15, 0.2) is 36.7 Å². The summed E-state index contributed by atoms with van der Waals surface area (Å²) < 4.78 is 15.4. The van der Waals surface area contributed by atoms with Gasteiger partial charge in [0, 0.05) is 29.6 Å². The Morgan fingerprint density at radius 3 is 2.75 bits per heavy atom. The molecule has 3 aromatic heterocycles. The molecule has 20 heavy (non-hydrogen) atoms. The predicted molar refractivity (Wildman–Crippen MR) is 75.1 cm³/mol. The van der Waals surface area contributed by atoms with E-state index in [1.807, 2.05) is 29.7 Å². The normalized spacial score (nSPS) is 14.9. The summed E-state index contributed by atoms with van der Waals surface area (Å²) in [7, 11) is 0. The van der Waals surface area contributed by atoms with Crippen LogP contribution in [0.3, 0.4) is 0 Å². The first-order valence-electron chi connectivity index (χ1n) is 6.83. The average molecular weight is 267 g/mol. The van der Waals surface area contributed by atoms with Crippen LogP contribution in [0.5, 0.6) is 0 Å². The molecule has 0 saturated heterocycles. The molecule has 4 rings (SSSR count). The van der Waals surface area contributed by atoms with Crippen molar-refractivity contribution in [2.75, 3.05) is 0 Å². The molecule has 0 N–H and O–H groups in total. The zero-order valence-electron chi connectivity index (χ0n) is 11.2. The van der Waals surface area contributed by atoms with Gasteiger partial charge in [0.25, 0.3) is 0 Å². The molecule has 0 aliphatic heterocycles. The molecular formula is C16H14FN3. The Kier molecular flexibility index (Phi) is 2.39. The van der Waals surface area contributed by atoms with E-state index in [9.17, 15) is 4.39 Å². The summed E-state index contributed by atoms with van der Waals surface area (Å²) in [4.78, 5) is 9.01. The summed E-state index contributed by atoms with van der Waals surface area (Å²) >= 11 is 0. The van der Waals surface area contributed by atoms with Gasteiger partial charge in [-0.25, -0.2) is 9.37 Å². The van der Waals surface area contributed by atoms with Crippen LogP contribution in [0.1, 0.15) is 30.1 Å². The molecule has 1 aliphatic carbocycles. The van der Waals surface area contributed by atoms with E-state index in [0.29, 0.717) is 5.92 Å². The summed E-state index contributed by atoms with van der Waals surface area (Å²) in [5, 5.41) is 0. The van der Waals surface area contributed by atoms with Crippen LogP contribution in [0.4, 0.5) is 4.39 Å². The molecule has 0 spiro atoms. The molecule has 0 bridgehead atoms. The molecule has 0 amide bonds. The maximum absolute atomic E-state index is 13.5. The Bertz CT molecular complexity index is 785. The fourth-order valence-electron chi connectivity index (χ4n) is 2.60. The molecule has 4 heteroatoms. The lowest BCUT2D eigenvalue weighted by molar-refractivity contribution is 0.618. The Morgan fingerprint density at radius 2 is 2.05 bits per heavy atom. The van der Waals surface area contributed by atoms with Crippen molar-refractivity contribution in [3.8, 4) is 11.3 Å². The van der Waals surface area contributed by atoms with Gasteiger partial charge in [-0.1, -0.05) is 0 Å². The first kappa shape index (κ1) is 11.6. The van der Waals surface area contributed by atoms with Crippen LogP contribution in [-0.4, -0.2) is 14.4 Å². The van der Waals surface area contributed by atoms with E-state index >= 15 is 0 Å². The SMILES string of the molecule is Cc1ccc(-c2nc3ccc(F)cn3c2C2CC2)cn1. The van der Waals surface area contributed by atoms with E-state index in [1.54, 1.807) is 6.07 Å². The Morgan fingerprint density at radius 1 is 1.20 bits per heavy atom. The first-order valence-corrected chi connectivity index (χ1v) is 6.83. The number of aryl methyl sites for hydroxylation is 1. The zero-order chi connectivity index (χ0) is 13.7. The lowest BCUT2D eigenvalue weighted by atomic mass is 10.1. The minimum atomic E-state index is -0.231. The van der Waals surface area contributed by atoms with Crippen LogP contribution in [0.2, 0.25) is 0 Å². The van der Waals surface area contributed by atoms with E-state index < -0.39 is 0 Å². The van der Waals surface area contributed by atoms with Crippen molar-refractivity contribution in [1.29, 1.82) is 0 Å². The van der Waals surface area contributed by atoms with Gasteiger partial charge in [0.15, 0.2) is 0 Å². The van der Waals surface area contributed by atoms with Crippen molar-refractivity contribution >= 4 is 5.65 Å². The second-order valence-corrected chi connectivity index (χ2v) is 5.38. The maximum Gasteiger partial charge on any atom is 0.139 e. The lowest BCUT2D eigenvalue weighted by Crippen LogP contribution is -1.93. The third-order valence-corrected chi connectivity index (χ3v) is 3.77. The smallest absolute Gasteiger partial charge is 0.139 e. The summed E-state index contributed by atoms with van der Waals surface area (Å²) in [6.07, 6.45) is 5.67. The molecular weight excluding hydrogens is 253 g/mol. The highest BCUT2D eigenvalue weighted by molar-refractivity contribution is 5.67. The molecule has 0 unspecified atom stereocenters. The molecule has 3 aromatic rings. The van der Waals surface area contributed by atoms with Crippen molar-refractivity contribution in [3.05, 3.63) is 53.9 Å². The third kappa shape index (κ3) is 1.80. The fourth-order valence-corrected chi connectivity index (χ4v) is 2.60. The Labute approximate surface area is 116 Å². The maximum atomic E-state index is 13.5. The van der Waals surface area contributed by atoms with Crippen molar-refractivity contribution < 1.29 is 4.39 Å². The second kappa shape index (κ2) is 4.13. The number of hydrogen-bond acceptors (Lipinski definition) is 2. The second-order valence-electron chi connectivity index (χ2n) is 5.38. The Balaban J connectivity index is 1.98. The number of pyridine rings is 2. The van der Waals surface area contributed by atoms with Crippen LogP contribution in [0, 0.1) is 12.7 Å². The summed E-state index contributed by atoms with van der Waals surface area (Å²) in [5.41, 5.74) is 4.83. The highest BCUT2D eigenvalue weighted by Gasteiger charge is 2.31. The third-order valence-electron chi connectivity index (χ3n) is 3.77. The minimum absolute atomic E-state index is 0.231. The predicted octanol–water partition coefficient (Wildman–Crippen LogP) is 3.72. The molecule has 1 saturated carbocycles. The topological polar surface area (TPSA) is 30.2 Å². The van der Waals surface area contributed by atoms with Crippen LogP contribution in [-0.2, 0) is 0 Å². The van der Waals surface area contributed by atoms with Crippen LogP contribution >= 0.6 is 0 Å². The van der Waals surface area contributed by atoms with Gasteiger partial charge >= 0.3 is 0 Å². The number of fused-ring (bicyclic) bond motifs is 1. The van der Waals surface area contributed by atoms with Crippen molar-refractivity contribution in [2.45, 2.75) is 25.7 Å². The molecule has 0 atom stereocenters. The van der Waals surface area contributed by atoms with Crippen molar-refractivity contribution in [1.82, 2.24) is 14.4 Å². The Hall–Kier alpha value is -2.23. The first-order chi connectivity index (χ1) is 9.72.